The van der Waals surface area contributed by atoms with Crippen molar-refractivity contribution in [3.8, 4) is 11.6 Å². The number of urea groups is 1. The number of benzene rings is 2. The summed E-state index contributed by atoms with van der Waals surface area (Å²) >= 11 is 6.00. The lowest BCUT2D eigenvalue weighted by molar-refractivity contribution is 0.262. The van der Waals surface area contributed by atoms with Crippen molar-refractivity contribution in [3.63, 3.8) is 0 Å². The molecule has 0 atom stereocenters. The van der Waals surface area contributed by atoms with Crippen LogP contribution in [-0.4, -0.2) is 32.7 Å². The molecular formula is C22H20ClN7O2. The van der Waals surface area contributed by atoms with Crippen LogP contribution in [0.25, 0.3) is 5.82 Å². The van der Waals surface area contributed by atoms with Crippen LogP contribution < -0.4 is 20.7 Å². The van der Waals surface area contributed by atoms with Gasteiger partial charge in [-0.15, -0.1) is 0 Å². The Morgan fingerprint density at radius 3 is 2.50 bits per heavy atom. The third-order valence-corrected chi connectivity index (χ3v) is 4.79. The zero-order chi connectivity index (χ0) is 22.5. The van der Waals surface area contributed by atoms with Gasteiger partial charge in [0.25, 0.3) is 0 Å². The maximum atomic E-state index is 12.4. The number of hydrogen-bond donors (Lipinski definition) is 3. The van der Waals surface area contributed by atoms with Crippen LogP contribution in [0.1, 0.15) is 5.82 Å². The summed E-state index contributed by atoms with van der Waals surface area (Å²) in [5.41, 5.74) is 1.90. The molecule has 0 aliphatic carbocycles. The number of nitrogens with one attached hydrogen (secondary N) is 3. The van der Waals surface area contributed by atoms with Crippen molar-refractivity contribution >= 4 is 40.5 Å². The zero-order valence-corrected chi connectivity index (χ0v) is 18.1. The van der Waals surface area contributed by atoms with E-state index in [0.29, 0.717) is 33.8 Å². The molecule has 3 N–H and O–H groups in total. The van der Waals surface area contributed by atoms with Crippen LogP contribution in [0.5, 0.6) is 5.75 Å². The number of carbonyl (C=O) groups excluding carboxylic acids is 1. The fraction of sp³-hybridized carbons (Fsp3) is 0.0909. The average Bonchev–Trinajstić information content (AvgIpc) is 3.21. The molecule has 2 aromatic heterocycles. The van der Waals surface area contributed by atoms with Gasteiger partial charge in [-0.3, -0.25) is 4.57 Å². The van der Waals surface area contributed by atoms with E-state index in [0.717, 1.165) is 11.5 Å². The molecule has 0 spiro atoms. The van der Waals surface area contributed by atoms with Crippen LogP contribution in [-0.2, 0) is 0 Å². The minimum absolute atomic E-state index is 0.414. The topological polar surface area (TPSA) is 106 Å². The smallest absolute Gasteiger partial charge is 0.323 e. The van der Waals surface area contributed by atoms with Gasteiger partial charge in [-0.25, -0.2) is 19.7 Å². The van der Waals surface area contributed by atoms with Crippen LogP contribution in [0.4, 0.5) is 27.7 Å². The van der Waals surface area contributed by atoms with Gasteiger partial charge < -0.3 is 20.7 Å². The highest BCUT2D eigenvalue weighted by molar-refractivity contribution is 6.31. The van der Waals surface area contributed by atoms with Gasteiger partial charge in [0.05, 0.1) is 12.8 Å². The maximum Gasteiger partial charge on any atom is 0.323 e. The van der Waals surface area contributed by atoms with E-state index in [2.05, 4.69) is 30.9 Å². The molecule has 0 saturated carbocycles. The van der Waals surface area contributed by atoms with Crippen LogP contribution in [0, 0.1) is 6.92 Å². The van der Waals surface area contributed by atoms with Gasteiger partial charge in [-0.1, -0.05) is 11.6 Å². The van der Waals surface area contributed by atoms with Crippen molar-refractivity contribution in [2.45, 2.75) is 6.92 Å². The summed E-state index contributed by atoms with van der Waals surface area (Å²) in [5, 5.41) is 9.22. The number of hydrogen-bond acceptors (Lipinski definition) is 6. The standard InChI is InChI=1S/C22H20ClN7O2/c1-14-24-9-10-30(14)21-12-20(25-13-26-21)27-16-4-6-17(7-5-16)28-22(31)29-18-11-15(23)3-8-19(18)32-2/h3-13H,1-2H3,(H,25,26,27)(H2,28,29,31). The summed E-state index contributed by atoms with van der Waals surface area (Å²) in [7, 11) is 1.52. The molecule has 0 fully saturated rings. The van der Waals surface area contributed by atoms with E-state index in [1.165, 1.54) is 13.4 Å². The minimum Gasteiger partial charge on any atom is -0.495 e. The number of nitrogens with zero attached hydrogens (tertiary/aromatic N) is 4. The van der Waals surface area contributed by atoms with Gasteiger partial charge in [0.15, 0.2) is 0 Å². The molecule has 2 aromatic carbocycles. The van der Waals surface area contributed by atoms with Crippen LogP contribution in [0.3, 0.4) is 0 Å². The molecule has 0 saturated heterocycles. The van der Waals surface area contributed by atoms with Crippen molar-refractivity contribution in [2.75, 3.05) is 23.1 Å². The predicted molar refractivity (Wildman–Crippen MR) is 124 cm³/mol. The first kappa shape index (κ1) is 21.1. The molecule has 0 radical (unpaired) electrons. The third-order valence-electron chi connectivity index (χ3n) is 4.55. The Kier molecular flexibility index (Phi) is 6.18. The second-order valence-corrected chi connectivity index (χ2v) is 7.17. The third kappa shape index (κ3) is 4.96. The number of methoxy groups -OCH3 is 1. The van der Waals surface area contributed by atoms with Crippen molar-refractivity contribution in [1.82, 2.24) is 19.5 Å². The molecule has 4 aromatic rings. The van der Waals surface area contributed by atoms with Crippen molar-refractivity contribution in [1.29, 1.82) is 0 Å². The summed E-state index contributed by atoms with van der Waals surface area (Å²) in [6.07, 6.45) is 5.04. The summed E-state index contributed by atoms with van der Waals surface area (Å²) < 4.78 is 7.11. The number of ether oxygens (including phenoxy) is 1. The van der Waals surface area contributed by atoms with Crippen molar-refractivity contribution < 1.29 is 9.53 Å². The molecule has 32 heavy (non-hydrogen) atoms. The predicted octanol–water partition coefficient (Wildman–Crippen LogP) is 5.02. The van der Waals surface area contributed by atoms with Gasteiger partial charge >= 0.3 is 6.03 Å². The lowest BCUT2D eigenvalue weighted by atomic mass is 10.2. The highest BCUT2D eigenvalue weighted by atomic mass is 35.5. The number of carbonyl (C=O) groups is 1. The zero-order valence-electron chi connectivity index (χ0n) is 17.3. The fourth-order valence-electron chi connectivity index (χ4n) is 3.01. The van der Waals surface area contributed by atoms with E-state index < -0.39 is 6.03 Å². The highest BCUT2D eigenvalue weighted by Crippen LogP contribution is 2.28. The largest absolute Gasteiger partial charge is 0.495 e. The average molecular weight is 450 g/mol. The Hall–Kier alpha value is -4.11. The Morgan fingerprint density at radius 2 is 1.78 bits per heavy atom. The van der Waals surface area contributed by atoms with E-state index in [1.807, 2.05) is 35.9 Å². The first-order valence-electron chi connectivity index (χ1n) is 9.63. The Labute approximate surface area is 189 Å². The molecule has 9 nitrogen and oxygen atoms in total. The van der Waals surface area contributed by atoms with Gasteiger partial charge in [-0.05, 0) is 49.4 Å². The lowest BCUT2D eigenvalue weighted by Gasteiger charge is -2.12. The molecule has 4 rings (SSSR count). The summed E-state index contributed by atoms with van der Waals surface area (Å²) in [6.45, 7) is 1.90. The monoisotopic (exact) mass is 449 g/mol. The van der Waals surface area contributed by atoms with Crippen molar-refractivity contribution in [2.24, 2.45) is 0 Å². The molecule has 0 aliphatic rings. The summed E-state index contributed by atoms with van der Waals surface area (Å²) in [6, 6.07) is 13.6. The molecule has 2 amide bonds. The molecule has 0 aliphatic heterocycles. The maximum absolute atomic E-state index is 12.4. The van der Waals surface area contributed by atoms with E-state index in [4.69, 9.17) is 16.3 Å². The molecule has 162 valence electrons. The summed E-state index contributed by atoms with van der Waals surface area (Å²) in [5.74, 6) is 2.69. The van der Waals surface area contributed by atoms with Crippen molar-refractivity contribution in [3.05, 3.63) is 78.1 Å². The number of aryl methyl sites for hydroxylation is 1. The second kappa shape index (κ2) is 9.36. The fourth-order valence-corrected chi connectivity index (χ4v) is 3.19. The normalized spacial score (nSPS) is 10.5. The highest BCUT2D eigenvalue weighted by Gasteiger charge is 2.09. The minimum atomic E-state index is -0.414. The molecule has 0 bridgehead atoms. The second-order valence-electron chi connectivity index (χ2n) is 6.73. The summed E-state index contributed by atoms with van der Waals surface area (Å²) in [4.78, 5) is 25.1. The Morgan fingerprint density at radius 1 is 1.00 bits per heavy atom. The molecular weight excluding hydrogens is 430 g/mol. The molecule has 10 heteroatoms. The van der Waals surface area contributed by atoms with Crippen LogP contribution >= 0.6 is 11.6 Å². The number of rotatable bonds is 6. The first-order valence-corrected chi connectivity index (χ1v) is 10.0. The first-order chi connectivity index (χ1) is 15.5. The Balaban J connectivity index is 1.40. The SMILES string of the molecule is COc1ccc(Cl)cc1NC(=O)Nc1ccc(Nc2cc(-n3ccnc3C)ncn2)cc1. The van der Waals surface area contributed by atoms with Gasteiger partial charge in [0.2, 0.25) is 0 Å². The number of aromatic nitrogens is 4. The van der Waals surface area contributed by atoms with E-state index in [9.17, 15) is 4.79 Å². The van der Waals surface area contributed by atoms with Crippen LogP contribution in [0.15, 0.2) is 67.3 Å². The lowest BCUT2D eigenvalue weighted by Crippen LogP contribution is -2.19. The number of halogens is 1. The van der Waals surface area contributed by atoms with Gasteiger partial charge in [-0.2, -0.15) is 0 Å². The Bertz CT molecular complexity index is 1240. The number of amides is 2. The molecule has 2 heterocycles. The quantitative estimate of drug-likeness (QED) is 0.381. The van der Waals surface area contributed by atoms with Gasteiger partial charge in [0, 0.05) is 34.9 Å². The van der Waals surface area contributed by atoms with E-state index in [1.54, 1.807) is 36.5 Å². The van der Waals surface area contributed by atoms with E-state index >= 15 is 0 Å². The van der Waals surface area contributed by atoms with Gasteiger partial charge in [0.1, 0.15) is 29.5 Å². The molecule has 0 unspecified atom stereocenters. The van der Waals surface area contributed by atoms with Crippen LogP contribution in [0.2, 0.25) is 5.02 Å². The number of imidazole rings is 1. The van der Waals surface area contributed by atoms with E-state index in [-0.39, 0.29) is 0 Å². The number of anilines is 4.